The van der Waals surface area contributed by atoms with Crippen LogP contribution in [0.1, 0.15) is 19.4 Å². The molecule has 2 rings (SSSR count). The molecule has 0 aromatic heterocycles. The van der Waals surface area contributed by atoms with Crippen LogP contribution >= 0.6 is 0 Å². The summed E-state index contributed by atoms with van der Waals surface area (Å²) in [4.78, 5) is 0. The van der Waals surface area contributed by atoms with Crippen LogP contribution in [-0.4, -0.2) is 38.6 Å². The molecule has 0 saturated carbocycles. The van der Waals surface area contributed by atoms with Gasteiger partial charge in [0.1, 0.15) is 18.5 Å². The normalized spacial score (nSPS) is 15.5. The Labute approximate surface area is 115 Å². The van der Waals surface area contributed by atoms with Gasteiger partial charge >= 0.3 is 0 Å². The van der Waals surface area contributed by atoms with Crippen LogP contribution in [-0.2, 0) is 16.0 Å². The second kappa shape index (κ2) is 7.48. The minimum absolute atomic E-state index is 0.269. The standard InChI is InChI=1S/C15H23NO3/c1-12(2)16-9-13-4-3-5-14(8-13)18-6-7-19-15-10-17-11-15/h3-5,8,12,15-16H,6-7,9-11H2,1-2H3. The zero-order valence-electron chi connectivity index (χ0n) is 11.7. The van der Waals surface area contributed by atoms with Gasteiger partial charge in [0.25, 0.3) is 0 Å². The molecular formula is C15H23NO3. The van der Waals surface area contributed by atoms with E-state index < -0.39 is 0 Å². The van der Waals surface area contributed by atoms with Gasteiger partial charge in [-0.3, -0.25) is 0 Å². The van der Waals surface area contributed by atoms with Crippen molar-refractivity contribution in [1.82, 2.24) is 5.32 Å². The number of benzene rings is 1. The summed E-state index contributed by atoms with van der Waals surface area (Å²) in [5.41, 5.74) is 1.24. The van der Waals surface area contributed by atoms with Gasteiger partial charge < -0.3 is 19.5 Å². The van der Waals surface area contributed by atoms with Crippen molar-refractivity contribution >= 4 is 0 Å². The summed E-state index contributed by atoms with van der Waals surface area (Å²) >= 11 is 0. The molecule has 1 fully saturated rings. The van der Waals surface area contributed by atoms with Crippen LogP contribution in [0.5, 0.6) is 5.75 Å². The minimum atomic E-state index is 0.269. The Bertz CT molecular complexity index is 377. The molecule has 0 aliphatic carbocycles. The fourth-order valence-corrected chi connectivity index (χ4v) is 1.75. The molecule has 106 valence electrons. The van der Waals surface area contributed by atoms with Crippen LogP contribution in [0.4, 0.5) is 0 Å². The van der Waals surface area contributed by atoms with E-state index in [9.17, 15) is 0 Å². The third-order valence-electron chi connectivity index (χ3n) is 2.93. The molecule has 19 heavy (non-hydrogen) atoms. The van der Waals surface area contributed by atoms with E-state index in [4.69, 9.17) is 14.2 Å². The number of hydrogen-bond acceptors (Lipinski definition) is 4. The van der Waals surface area contributed by atoms with Crippen LogP contribution < -0.4 is 10.1 Å². The molecule has 0 bridgehead atoms. The summed E-state index contributed by atoms with van der Waals surface area (Å²) in [5.74, 6) is 0.900. The van der Waals surface area contributed by atoms with Crippen molar-refractivity contribution < 1.29 is 14.2 Å². The second-order valence-corrected chi connectivity index (χ2v) is 5.06. The topological polar surface area (TPSA) is 39.7 Å². The maximum atomic E-state index is 5.68. The number of hydrogen-bond donors (Lipinski definition) is 1. The Morgan fingerprint density at radius 1 is 1.32 bits per heavy atom. The summed E-state index contributed by atoms with van der Waals surface area (Å²) in [6.07, 6.45) is 0.269. The molecule has 1 heterocycles. The summed E-state index contributed by atoms with van der Waals surface area (Å²) in [6.45, 7) is 7.78. The lowest BCUT2D eigenvalue weighted by atomic mass is 10.2. The van der Waals surface area contributed by atoms with Gasteiger partial charge in [0, 0.05) is 12.6 Å². The summed E-state index contributed by atoms with van der Waals surface area (Å²) in [6, 6.07) is 8.66. The molecule has 4 nitrogen and oxygen atoms in total. The molecule has 0 unspecified atom stereocenters. The van der Waals surface area contributed by atoms with E-state index in [-0.39, 0.29) is 6.10 Å². The fraction of sp³-hybridized carbons (Fsp3) is 0.600. The highest BCUT2D eigenvalue weighted by atomic mass is 16.6. The van der Waals surface area contributed by atoms with Crippen LogP contribution in [0.3, 0.4) is 0 Å². The average molecular weight is 265 g/mol. The zero-order valence-corrected chi connectivity index (χ0v) is 11.7. The lowest BCUT2D eigenvalue weighted by molar-refractivity contribution is -0.132. The van der Waals surface area contributed by atoms with Gasteiger partial charge in [0.2, 0.25) is 0 Å². The molecule has 1 aromatic rings. The van der Waals surface area contributed by atoms with Crippen molar-refractivity contribution in [2.75, 3.05) is 26.4 Å². The number of ether oxygens (including phenoxy) is 3. The van der Waals surface area contributed by atoms with Crippen molar-refractivity contribution in [2.45, 2.75) is 32.5 Å². The van der Waals surface area contributed by atoms with Crippen molar-refractivity contribution in [3.8, 4) is 5.75 Å². The third-order valence-corrected chi connectivity index (χ3v) is 2.93. The molecule has 1 aliphatic heterocycles. The highest BCUT2D eigenvalue weighted by Crippen LogP contribution is 2.13. The van der Waals surface area contributed by atoms with Crippen molar-refractivity contribution in [2.24, 2.45) is 0 Å². The molecule has 1 N–H and O–H groups in total. The first kappa shape index (κ1) is 14.3. The van der Waals surface area contributed by atoms with E-state index >= 15 is 0 Å². The number of nitrogens with one attached hydrogen (secondary N) is 1. The minimum Gasteiger partial charge on any atom is -0.491 e. The predicted octanol–water partition coefficient (Wildman–Crippen LogP) is 1.98. The van der Waals surface area contributed by atoms with E-state index in [2.05, 4.69) is 31.3 Å². The number of rotatable bonds is 8. The van der Waals surface area contributed by atoms with Crippen LogP contribution in [0, 0.1) is 0 Å². The van der Waals surface area contributed by atoms with Gasteiger partial charge in [-0.05, 0) is 17.7 Å². The monoisotopic (exact) mass is 265 g/mol. The predicted molar refractivity (Wildman–Crippen MR) is 74.5 cm³/mol. The van der Waals surface area contributed by atoms with E-state index in [1.54, 1.807) is 0 Å². The maximum absolute atomic E-state index is 5.68. The molecule has 0 amide bonds. The van der Waals surface area contributed by atoms with Gasteiger partial charge in [0.05, 0.1) is 19.8 Å². The largest absolute Gasteiger partial charge is 0.491 e. The summed E-state index contributed by atoms with van der Waals surface area (Å²) < 4.78 is 16.3. The zero-order chi connectivity index (χ0) is 13.5. The van der Waals surface area contributed by atoms with E-state index in [0.29, 0.717) is 19.3 Å². The highest BCUT2D eigenvalue weighted by Gasteiger charge is 2.18. The Morgan fingerprint density at radius 3 is 2.84 bits per heavy atom. The average Bonchev–Trinajstić information content (AvgIpc) is 2.34. The maximum Gasteiger partial charge on any atom is 0.119 e. The summed E-state index contributed by atoms with van der Waals surface area (Å²) in [5, 5.41) is 3.39. The van der Waals surface area contributed by atoms with E-state index in [0.717, 1.165) is 25.5 Å². The van der Waals surface area contributed by atoms with Gasteiger partial charge in [0.15, 0.2) is 0 Å². The second-order valence-electron chi connectivity index (χ2n) is 5.06. The first-order chi connectivity index (χ1) is 9.24. The van der Waals surface area contributed by atoms with E-state index in [1.807, 2.05) is 12.1 Å². The fourth-order valence-electron chi connectivity index (χ4n) is 1.75. The molecular weight excluding hydrogens is 242 g/mol. The van der Waals surface area contributed by atoms with Crippen molar-refractivity contribution in [3.63, 3.8) is 0 Å². The Kier molecular flexibility index (Phi) is 5.63. The lowest BCUT2D eigenvalue weighted by Crippen LogP contribution is -2.37. The van der Waals surface area contributed by atoms with Crippen LogP contribution in [0.15, 0.2) is 24.3 Å². The SMILES string of the molecule is CC(C)NCc1cccc(OCCOC2COC2)c1. The molecule has 0 atom stereocenters. The van der Waals surface area contributed by atoms with Crippen molar-refractivity contribution in [3.05, 3.63) is 29.8 Å². The molecule has 4 heteroatoms. The van der Waals surface area contributed by atoms with Gasteiger partial charge in [-0.15, -0.1) is 0 Å². The first-order valence-electron chi connectivity index (χ1n) is 6.88. The molecule has 1 aliphatic rings. The summed E-state index contributed by atoms with van der Waals surface area (Å²) in [7, 11) is 0. The van der Waals surface area contributed by atoms with Gasteiger partial charge in [-0.25, -0.2) is 0 Å². The van der Waals surface area contributed by atoms with Crippen LogP contribution in [0.25, 0.3) is 0 Å². The highest BCUT2D eigenvalue weighted by molar-refractivity contribution is 5.28. The first-order valence-corrected chi connectivity index (χ1v) is 6.88. The molecule has 1 aromatic carbocycles. The van der Waals surface area contributed by atoms with Crippen LogP contribution in [0.2, 0.25) is 0 Å². The van der Waals surface area contributed by atoms with Gasteiger partial charge in [-0.2, -0.15) is 0 Å². The molecule has 0 spiro atoms. The molecule has 0 radical (unpaired) electrons. The third kappa shape index (κ3) is 5.19. The Hall–Kier alpha value is -1.10. The van der Waals surface area contributed by atoms with E-state index in [1.165, 1.54) is 5.56 Å². The molecule has 1 saturated heterocycles. The lowest BCUT2D eigenvalue weighted by Gasteiger charge is -2.25. The Balaban J connectivity index is 1.68. The van der Waals surface area contributed by atoms with Crippen molar-refractivity contribution in [1.29, 1.82) is 0 Å². The Morgan fingerprint density at radius 2 is 2.16 bits per heavy atom. The quantitative estimate of drug-likeness (QED) is 0.730. The van der Waals surface area contributed by atoms with Gasteiger partial charge in [-0.1, -0.05) is 26.0 Å². The smallest absolute Gasteiger partial charge is 0.119 e.